The Morgan fingerprint density at radius 2 is 0.703 bits per heavy atom. The average molecular weight is 1060 g/mol. The van der Waals surface area contributed by atoms with Crippen LogP contribution >= 0.6 is 0 Å². The van der Waals surface area contributed by atoms with E-state index < -0.39 is 0 Å². The number of carbonyl (C=O) groups excluding carboxylic acids is 5. The highest BCUT2D eigenvalue weighted by Crippen LogP contribution is 2.19. The van der Waals surface area contributed by atoms with Gasteiger partial charge >= 0.3 is 0 Å². The third-order valence-corrected chi connectivity index (χ3v) is 12.8. The predicted molar refractivity (Wildman–Crippen MR) is 316 cm³/mol. The maximum Gasteiger partial charge on any atom is 0.222 e. The van der Waals surface area contributed by atoms with Crippen LogP contribution < -0.4 is 0 Å². The highest BCUT2D eigenvalue weighted by atomic mass is 16.5. The molecule has 0 aromatic rings. The second-order valence-electron chi connectivity index (χ2n) is 20.6. The first kappa shape index (κ1) is 80.5. The lowest BCUT2D eigenvalue weighted by Crippen LogP contribution is -2.39. The molecule has 11 heteroatoms. The standard InChI is InChI=1S/C21H42N2O3.2C13H28O.2C8H14O2/c1-6-7-8-9-10-11-12-14-21(24)23(16-13-15-22(2)3)17-20(18-25-4)19-26-5;2*1-4-6-8-9-11-13(12-14-3)10-7-5-2;2*9-7-5-3-1-2-4-6-8-10/h10-11,20H,6-9,12-19H2,1-5H3;2*13H,4-12H2,1-3H3;2*7-8H,1-6H2/b11-10-;;;;. The van der Waals surface area contributed by atoms with E-state index in [1.54, 1.807) is 14.2 Å². The topological polar surface area (TPSA) is 129 Å². The van der Waals surface area contributed by atoms with Gasteiger partial charge in [-0.15, -0.1) is 0 Å². The normalized spacial score (nSPS) is 11.6. The maximum atomic E-state index is 12.7. The van der Waals surface area contributed by atoms with E-state index in [1.807, 2.05) is 19.1 Å². The first-order chi connectivity index (χ1) is 36.1. The lowest BCUT2D eigenvalue weighted by Gasteiger charge is -2.28. The minimum Gasteiger partial charge on any atom is -0.384 e. The van der Waals surface area contributed by atoms with Crippen molar-refractivity contribution >= 4 is 31.1 Å². The summed E-state index contributed by atoms with van der Waals surface area (Å²) in [6, 6.07) is 0. The number of hydrogen-bond donors (Lipinski definition) is 0. The molecule has 0 aromatic carbocycles. The highest BCUT2D eigenvalue weighted by molar-refractivity contribution is 5.76. The lowest BCUT2D eigenvalue weighted by atomic mass is 9.96. The molecule has 0 radical (unpaired) electrons. The Kier molecular flexibility index (Phi) is 81.6. The highest BCUT2D eigenvalue weighted by Gasteiger charge is 2.19. The minimum absolute atomic E-state index is 0.220. The third-order valence-electron chi connectivity index (χ3n) is 12.8. The zero-order valence-corrected chi connectivity index (χ0v) is 51.0. The molecule has 0 saturated carbocycles. The van der Waals surface area contributed by atoms with Crippen molar-refractivity contribution < 1.29 is 42.9 Å². The van der Waals surface area contributed by atoms with Crippen LogP contribution in [0.5, 0.6) is 0 Å². The van der Waals surface area contributed by atoms with Gasteiger partial charge in [0.1, 0.15) is 25.1 Å². The molecule has 0 saturated heterocycles. The van der Waals surface area contributed by atoms with Crippen LogP contribution in [-0.4, -0.2) is 129 Å². The summed E-state index contributed by atoms with van der Waals surface area (Å²) < 4.78 is 21.1. The van der Waals surface area contributed by atoms with E-state index in [9.17, 15) is 24.0 Å². The predicted octanol–water partition coefficient (Wildman–Crippen LogP) is 15.9. The minimum atomic E-state index is 0.220. The molecule has 0 aliphatic carbocycles. The summed E-state index contributed by atoms with van der Waals surface area (Å²) in [6.45, 7) is 16.9. The van der Waals surface area contributed by atoms with Crippen LogP contribution in [0.1, 0.15) is 259 Å². The molecule has 74 heavy (non-hydrogen) atoms. The molecule has 0 aromatic heterocycles. The molecule has 0 fully saturated rings. The molecule has 0 aliphatic heterocycles. The summed E-state index contributed by atoms with van der Waals surface area (Å²) in [6.07, 6.45) is 48.2. The molecular formula is C63H126N2O9. The number of ether oxygens (including phenoxy) is 4. The molecule has 0 bridgehead atoms. The van der Waals surface area contributed by atoms with Crippen LogP contribution in [0.2, 0.25) is 0 Å². The first-order valence-electron chi connectivity index (χ1n) is 30.3. The summed E-state index contributed by atoms with van der Waals surface area (Å²) in [5.41, 5.74) is 0. The second kappa shape index (κ2) is 74.9. The number of rotatable bonds is 51. The van der Waals surface area contributed by atoms with Crippen LogP contribution in [0.25, 0.3) is 0 Å². The Morgan fingerprint density at radius 3 is 1.05 bits per heavy atom. The Morgan fingerprint density at radius 1 is 0.378 bits per heavy atom. The van der Waals surface area contributed by atoms with Crippen LogP contribution in [0.15, 0.2) is 12.2 Å². The van der Waals surface area contributed by atoms with E-state index in [2.05, 4.69) is 65.8 Å². The van der Waals surface area contributed by atoms with Crippen molar-refractivity contribution in [3.63, 3.8) is 0 Å². The van der Waals surface area contributed by atoms with Crippen LogP contribution in [0.3, 0.4) is 0 Å². The van der Waals surface area contributed by atoms with E-state index in [0.717, 1.165) is 134 Å². The summed E-state index contributed by atoms with van der Waals surface area (Å²) in [7, 11) is 11.2. The van der Waals surface area contributed by atoms with Gasteiger partial charge in [0.2, 0.25) is 5.91 Å². The van der Waals surface area contributed by atoms with E-state index >= 15 is 0 Å². The number of carbonyl (C=O) groups is 5. The van der Waals surface area contributed by atoms with Gasteiger partial charge in [-0.1, -0.05) is 162 Å². The zero-order valence-electron chi connectivity index (χ0n) is 51.0. The van der Waals surface area contributed by atoms with E-state index in [-0.39, 0.29) is 11.8 Å². The Bertz CT molecular complexity index is 1030. The Hall–Kier alpha value is -2.31. The number of allylic oxidation sites excluding steroid dienone is 2. The zero-order chi connectivity index (χ0) is 56.2. The average Bonchev–Trinajstić information content (AvgIpc) is 3.39. The van der Waals surface area contributed by atoms with Gasteiger partial charge in [-0.25, -0.2) is 0 Å². The number of amides is 1. The summed E-state index contributed by atoms with van der Waals surface area (Å²) in [5, 5.41) is 0. The number of unbranched alkanes of at least 4 members (excludes halogenated alkanes) is 21. The fourth-order valence-corrected chi connectivity index (χ4v) is 8.36. The summed E-state index contributed by atoms with van der Waals surface area (Å²) in [5.74, 6) is 2.09. The number of methoxy groups -OCH3 is 4. The number of aldehydes is 4. The molecule has 1 amide bonds. The Labute approximate surface area is 459 Å². The number of hydrogen-bond acceptors (Lipinski definition) is 10. The molecule has 2 atom stereocenters. The molecule has 0 heterocycles. The van der Waals surface area contributed by atoms with Crippen molar-refractivity contribution in [3.8, 4) is 0 Å². The largest absolute Gasteiger partial charge is 0.384 e. The number of nitrogens with zero attached hydrogens (tertiary/aromatic N) is 2. The van der Waals surface area contributed by atoms with Crippen LogP contribution in [-0.2, 0) is 42.9 Å². The van der Waals surface area contributed by atoms with Crippen molar-refractivity contribution in [1.82, 2.24) is 9.80 Å². The molecule has 0 spiro atoms. The smallest absolute Gasteiger partial charge is 0.222 e. The van der Waals surface area contributed by atoms with Gasteiger partial charge in [0.25, 0.3) is 0 Å². The fourth-order valence-electron chi connectivity index (χ4n) is 8.36. The van der Waals surface area contributed by atoms with Gasteiger partial charge in [0.15, 0.2) is 0 Å². The van der Waals surface area contributed by atoms with Crippen LogP contribution in [0.4, 0.5) is 0 Å². The van der Waals surface area contributed by atoms with Gasteiger partial charge in [-0.2, -0.15) is 0 Å². The third kappa shape index (κ3) is 73.9. The molecule has 442 valence electrons. The monoisotopic (exact) mass is 1050 g/mol. The van der Waals surface area contributed by atoms with Gasteiger partial charge in [0, 0.05) is 92.8 Å². The molecule has 0 N–H and O–H groups in total. The van der Waals surface area contributed by atoms with Gasteiger partial charge < -0.3 is 47.9 Å². The van der Waals surface area contributed by atoms with E-state index in [1.165, 1.54) is 122 Å². The van der Waals surface area contributed by atoms with E-state index in [4.69, 9.17) is 18.9 Å². The van der Waals surface area contributed by atoms with Crippen molar-refractivity contribution in [3.05, 3.63) is 12.2 Å². The quantitative estimate of drug-likeness (QED) is 0.0330. The van der Waals surface area contributed by atoms with Crippen molar-refractivity contribution in [1.29, 1.82) is 0 Å². The molecule has 0 aliphatic rings. The lowest BCUT2D eigenvalue weighted by molar-refractivity contribution is -0.132. The van der Waals surface area contributed by atoms with Crippen molar-refractivity contribution in [2.24, 2.45) is 17.8 Å². The maximum absolute atomic E-state index is 12.7. The molecule has 0 rings (SSSR count). The SMILES string of the molecule is CCCCC/C=C\CCC(=O)N(CCCN(C)C)CC(COC)COC.CCCCCCC(CCCC)COC.CCCCCCC(CCCC)COC.O=CCCCCCCC=O.O=CCCCCCCC=O. The fraction of sp³-hybridized carbons (Fsp3) is 0.889. The van der Waals surface area contributed by atoms with Gasteiger partial charge in [-0.3, -0.25) is 4.79 Å². The van der Waals surface area contributed by atoms with Crippen molar-refractivity contribution in [2.45, 2.75) is 259 Å². The molecule has 11 nitrogen and oxygen atoms in total. The summed E-state index contributed by atoms with van der Waals surface area (Å²) in [4.78, 5) is 56.2. The molecule has 2 unspecified atom stereocenters. The molecular weight excluding hydrogens is 929 g/mol. The van der Waals surface area contributed by atoms with Crippen molar-refractivity contribution in [2.75, 3.05) is 88.6 Å². The summed E-state index contributed by atoms with van der Waals surface area (Å²) >= 11 is 0. The first-order valence-corrected chi connectivity index (χ1v) is 30.3. The van der Waals surface area contributed by atoms with Gasteiger partial charge in [-0.05, 0) is 110 Å². The van der Waals surface area contributed by atoms with Crippen LogP contribution in [0, 0.1) is 17.8 Å². The second-order valence-corrected chi connectivity index (χ2v) is 20.6. The Balaban J connectivity index is -0.000000284. The van der Waals surface area contributed by atoms with E-state index in [0.29, 0.717) is 51.9 Å². The van der Waals surface area contributed by atoms with Gasteiger partial charge in [0.05, 0.1) is 13.2 Å².